The molecule has 110 valence electrons. The largest absolute Gasteiger partial charge is 0.497 e. The molecule has 1 heterocycles. The molecule has 2 amide bonds. The predicted molar refractivity (Wildman–Crippen MR) is 78.6 cm³/mol. The highest BCUT2D eigenvalue weighted by atomic mass is 16.5. The number of carbonyl (C=O) groups is 2. The van der Waals surface area contributed by atoms with Crippen molar-refractivity contribution in [1.82, 2.24) is 4.90 Å². The SMILES string of the molecule is C=Cc1cc(OC)ccc1NC1=CC(=O)N(CCO)C1=O. The summed E-state index contributed by atoms with van der Waals surface area (Å²) in [6, 6.07) is 5.24. The van der Waals surface area contributed by atoms with Gasteiger partial charge >= 0.3 is 0 Å². The predicted octanol–water partition coefficient (Wildman–Crippen LogP) is 0.995. The number of benzene rings is 1. The topological polar surface area (TPSA) is 78.9 Å². The second kappa shape index (κ2) is 6.23. The highest BCUT2D eigenvalue weighted by Gasteiger charge is 2.30. The number of nitrogens with zero attached hydrogens (tertiary/aromatic N) is 1. The average Bonchev–Trinajstić information content (AvgIpc) is 2.75. The van der Waals surface area contributed by atoms with Gasteiger partial charge in [0.2, 0.25) is 0 Å². The maximum absolute atomic E-state index is 12.0. The second-order valence-electron chi connectivity index (χ2n) is 4.36. The first-order valence-corrected chi connectivity index (χ1v) is 6.36. The van der Waals surface area contributed by atoms with Gasteiger partial charge in [-0.05, 0) is 18.2 Å². The van der Waals surface area contributed by atoms with Crippen LogP contribution in [0.1, 0.15) is 5.56 Å². The van der Waals surface area contributed by atoms with E-state index in [0.29, 0.717) is 11.4 Å². The first-order valence-electron chi connectivity index (χ1n) is 6.36. The van der Waals surface area contributed by atoms with E-state index in [4.69, 9.17) is 9.84 Å². The summed E-state index contributed by atoms with van der Waals surface area (Å²) in [6.07, 6.45) is 2.84. The van der Waals surface area contributed by atoms with Gasteiger partial charge in [0.1, 0.15) is 11.4 Å². The minimum absolute atomic E-state index is 0.0176. The van der Waals surface area contributed by atoms with E-state index in [1.165, 1.54) is 6.08 Å². The monoisotopic (exact) mass is 288 g/mol. The molecule has 0 unspecified atom stereocenters. The van der Waals surface area contributed by atoms with E-state index in [9.17, 15) is 9.59 Å². The van der Waals surface area contributed by atoms with Gasteiger partial charge in [0.15, 0.2) is 0 Å². The van der Waals surface area contributed by atoms with Gasteiger partial charge in [-0.25, -0.2) is 0 Å². The van der Waals surface area contributed by atoms with Crippen LogP contribution in [0.4, 0.5) is 5.69 Å². The maximum atomic E-state index is 12.0. The van der Waals surface area contributed by atoms with Crippen molar-refractivity contribution in [3.63, 3.8) is 0 Å². The molecular formula is C15H16N2O4. The summed E-state index contributed by atoms with van der Waals surface area (Å²) in [5.74, 6) is -0.231. The zero-order chi connectivity index (χ0) is 15.4. The number of hydrogen-bond acceptors (Lipinski definition) is 5. The average molecular weight is 288 g/mol. The Labute approximate surface area is 122 Å². The van der Waals surface area contributed by atoms with Crippen molar-refractivity contribution in [1.29, 1.82) is 0 Å². The van der Waals surface area contributed by atoms with E-state index in [-0.39, 0.29) is 18.8 Å². The van der Waals surface area contributed by atoms with E-state index >= 15 is 0 Å². The maximum Gasteiger partial charge on any atom is 0.277 e. The molecule has 0 fully saturated rings. The molecule has 2 rings (SSSR count). The van der Waals surface area contributed by atoms with Gasteiger partial charge in [-0.15, -0.1) is 0 Å². The Morgan fingerprint density at radius 1 is 1.43 bits per heavy atom. The molecule has 0 aliphatic carbocycles. The lowest BCUT2D eigenvalue weighted by Gasteiger charge is -2.14. The van der Waals surface area contributed by atoms with Gasteiger partial charge in [-0.3, -0.25) is 14.5 Å². The van der Waals surface area contributed by atoms with Crippen LogP contribution in [0.3, 0.4) is 0 Å². The van der Waals surface area contributed by atoms with E-state index in [2.05, 4.69) is 11.9 Å². The zero-order valence-corrected chi connectivity index (χ0v) is 11.6. The summed E-state index contributed by atoms with van der Waals surface area (Å²) in [6.45, 7) is 3.43. The van der Waals surface area contributed by atoms with Crippen molar-refractivity contribution >= 4 is 23.6 Å². The van der Waals surface area contributed by atoms with Gasteiger partial charge in [-0.2, -0.15) is 0 Å². The fraction of sp³-hybridized carbons (Fsp3) is 0.200. The van der Waals surface area contributed by atoms with Crippen LogP contribution in [0, 0.1) is 0 Å². The number of hydrogen-bond donors (Lipinski definition) is 2. The normalized spacial score (nSPS) is 14.2. The molecule has 1 aromatic rings. The van der Waals surface area contributed by atoms with Gasteiger partial charge in [-0.1, -0.05) is 12.7 Å². The molecule has 2 N–H and O–H groups in total. The van der Waals surface area contributed by atoms with E-state index in [0.717, 1.165) is 10.5 Å². The summed E-state index contributed by atoms with van der Waals surface area (Å²) in [5.41, 5.74) is 1.56. The number of carbonyl (C=O) groups excluding carboxylic acids is 2. The molecule has 0 spiro atoms. The molecule has 0 atom stereocenters. The van der Waals surface area contributed by atoms with Crippen LogP contribution in [-0.2, 0) is 9.59 Å². The van der Waals surface area contributed by atoms with Crippen LogP contribution >= 0.6 is 0 Å². The number of anilines is 1. The van der Waals surface area contributed by atoms with Crippen LogP contribution in [0.2, 0.25) is 0 Å². The third-order valence-corrected chi connectivity index (χ3v) is 3.08. The Hall–Kier alpha value is -2.60. The Morgan fingerprint density at radius 3 is 2.81 bits per heavy atom. The van der Waals surface area contributed by atoms with Gasteiger partial charge in [0, 0.05) is 17.3 Å². The first-order chi connectivity index (χ1) is 10.1. The minimum Gasteiger partial charge on any atom is -0.497 e. The quantitative estimate of drug-likeness (QED) is 0.763. The number of nitrogens with one attached hydrogen (secondary N) is 1. The molecule has 0 aromatic heterocycles. The Morgan fingerprint density at radius 2 is 2.19 bits per heavy atom. The fourth-order valence-corrected chi connectivity index (χ4v) is 2.01. The minimum atomic E-state index is -0.458. The molecule has 1 aromatic carbocycles. The standard InChI is InChI=1S/C15H16N2O4/c1-3-10-8-11(21-2)4-5-12(10)16-13-9-14(19)17(6-7-18)15(13)20/h3-5,8-9,16,18H,1,6-7H2,2H3. The lowest BCUT2D eigenvalue weighted by molar-refractivity contribution is -0.137. The Balaban J connectivity index is 2.23. The van der Waals surface area contributed by atoms with Crippen LogP contribution < -0.4 is 10.1 Å². The van der Waals surface area contributed by atoms with Gasteiger partial charge < -0.3 is 15.2 Å². The first kappa shape index (κ1) is 14.8. The number of aliphatic hydroxyl groups is 1. The summed E-state index contributed by atoms with van der Waals surface area (Å²) in [5, 5.41) is 11.8. The molecule has 0 saturated heterocycles. The molecule has 21 heavy (non-hydrogen) atoms. The van der Waals surface area contributed by atoms with Crippen molar-refractivity contribution in [3.8, 4) is 5.75 Å². The summed E-state index contributed by atoms with van der Waals surface area (Å²) in [4.78, 5) is 24.7. The van der Waals surface area contributed by atoms with E-state index in [1.807, 2.05) is 0 Å². The van der Waals surface area contributed by atoms with E-state index < -0.39 is 11.8 Å². The zero-order valence-electron chi connectivity index (χ0n) is 11.6. The molecule has 1 aliphatic rings. The fourth-order valence-electron chi connectivity index (χ4n) is 2.01. The third-order valence-electron chi connectivity index (χ3n) is 3.08. The third kappa shape index (κ3) is 2.95. The van der Waals surface area contributed by atoms with Crippen molar-refractivity contribution in [2.75, 3.05) is 25.6 Å². The van der Waals surface area contributed by atoms with Crippen molar-refractivity contribution in [3.05, 3.63) is 42.1 Å². The molecule has 1 aliphatic heterocycles. The lowest BCUT2D eigenvalue weighted by Crippen LogP contribution is -2.34. The molecular weight excluding hydrogens is 272 g/mol. The molecule has 6 heteroatoms. The summed E-state index contributed by atoms with van der Waals surface area (Å²) < 4.78 is 5.12. The van der Waals surface area contributed by atoms with E-state index in [1.54, 1.807) is 31.4 Å². The number of aliphatic hydroxyl groups excluding tert-OH is 1. The summed E-state index contributed by atoms with van der Waals surface area (Å²) >= 11 is 0. The van der Waals surface area contributed by atoms with Crippen LogP contribution in [0.25, 0.3) is 6.08 Å². The van der Waals surface area contributed by atoms with Gasteiger partial charge in [0.05, 0.1) is 20.3 Å². The number of ether oxygens (including phenoxy) is 1. The van der Waals surface area contributed by atoms with Crippen molar-refractivity contribution < 1.29 is 19.4 Å². The van der Waals surface area contributed by atoms with Crippen molar-refractivity contribution in [2.24, 2.45) is 0 Å². The molecule has 0 radical (unpaired) electrons. The number of β-amino-alcohol motifs (C(OH)–C–C–N with tert-alkyl or cyclic N) is 1. The van der Waals surface area contributed by atoms with Crippen LogP contribution in [-0.4, -0.2) is 42.1 Å². The van der Waals surface area contributed by atoms with Crippen LogP contribution in [0.5, 0.6) is 5.75 Å². The molecule has 0 bridgehead atoms. The summed E-state index contributed by atoms with van der Waals surface area (Å²) in [7, 11) is 1.56. The second-order valence-corrected chi connectivity index (χ2v) is 4.36. The van der Waals surface area contributed by atoms with Crippen molar-refractivity contribution in [2.45, 2.75) is 0 Å². The number of methoxy groups -OCH3 is 1. The number of imide groups is 1. The Bertz CT molecular complexity index is 622. The smallest absolute Gasteiger partial charge is 0.277 e. The Kier molecular flexibility index (Phi) is 4.39. The highest BCUT2D eigenvalue weighted by Crippen LogP contribution is 2.25. The number of rotatable bonds is 6. The number of amides is 2. The lowest BCUT2D eigenvalue weighted by atomic mass is 10.1. The molecule has 0 saturated carbocycles. The van der Waals surface area contributed by atoms with Crippen LogP contribution in [0.15, 0.2) is 36.6 Å². The van der Waals surface area contributed by atoms with Gasteiger partial charge in [0.25, 0.3) is 11.8 Å². The highest BCUT2D eigenvalue weighted by molar-refractivity contribution is 6.17. The molecule has 6 nitrogen and oxygen atoms in total.